The van der Waals surface area contributed by atoms with E-state index in [4.69, 9.17) is 4.74 Å². The van der Waals surface area contributed by atoms with Crippen LogP contribution >= 0.6 is 0 Å². The molecule has 0 amide bonds. The summed E-state index contributed by atoms with van der Waals surface area (Å²) in [5.41, 5.74) is -2.07. The summed E-state index contributed by atoms with van der Waals surface area (Å²) in [5.74, 6) is -0.527. The van der Waals surface area contributed by atoms with Gasteiger partial charge in [-0.15, -0.1) is 0 Å². The first-order chi connectivity index (χ1) is 13.0. The van der Waals surface area contributed by atoms with E-state index >= 15 is 0 Å². The topological polar surface area (TPSA) is 132 Å². The Morgan fingerprint density at radius 2 is 1.39 bits per heavy atom. The van der Waals surface area contributed by atoms with Crippen LogP contribution in [0.4, 0.5) is 0 Å². The molecular weight excluding hydrogens is 408 g/mol. The van der Waals surface area contributed by atoms with Crippen LogP contribution in [-0.4, -0.2) is 68.4 Å². The molecule has 1 N–H and O–H groups in total. The number of aliphatic hydroxyl groups is 1. The highest BCUT2D eigenvalue weighted by Crippen LogP contribution is 2.38. The number of ether oxygens (including phenoxy) is 1. The molecule has 0 spiro atoms. The fourth-order valence-electron chi connectivity index (χ4n) is 4.26. The first kappa shape index (κ1) is 23.4. The van der Waals surface area contributed by atoms with Crippen LogP contribution in [0.25, 0.3) is 0 Å². The number of aldehydes is 2. The molecule has 0 aromatic carbocycles. The number of carbonyl (C=O) groups excluding carboxylic acids is 2. The molecule has 2 aliphatic rings. The Hall–Kier alpha value is -0.840. The molecule has 0 radical (unpaired) electrons. The average molecular weight is 439 g/mol. The van der Waals surface area contributed by atoms with Crippen LogP contribution in [-0.2, 0) is 34.0 Å². The lowest BCUT2D eigenvalue weighted by molar-refractivity contribution is -0.117. The highest BCUT2D eigenvalue weighted by molar-refractivity contribution is 7.92. The molecule has 28 heavy (non-hydrogen) atoms. The summed E-state index contributed by atoms with van der Waals surface area (Å²) in [6.45, 7) is 0. The van der Waals surface area contributed by atoms with Gasteiger partial charge in [-0.1, -0.05) is 0 Å². The van der Waals surface area contributed by atoms with Crippen LogP contribution in [0.5, 0.6) is 0 Å². The number of hydrogen-bond donors (Lipinski definition) is 1. The van der Waals surface area contributed by atoms with E-state index in [9.17, 15) is 31.5 Å². The molecule has 0 aliphatic heterocycles. The quantitative estimate of drug-likeness (QED) is 0.526. The van der Waals surface area contributed by atoms with Crippen molar-refractivity contribution in [1.82, 2.24) is 0 Å². The van der Waals surface area contributed by atoms with Crippen molar-refractivity contribution in [2.45, 2.75) is 85.9 Å². The van der Waals surface area contributed by atoms with Gasteiger partial charge in [0.05, 0.1) is 21.7 Å². The molecule has 2 rings (SSSR count). The van der Waals surface area contributed by atoms with Crippen LogP contribution in [0.2, 0.25) is 0 Å². The summed E-state index contributed by atoms with van der Waals surface area (Å²) in [6.07, 6.45) is 4.88. The highest BCUT2D eigenvalue weighted by atomic mass is 32.2. The summed E-state index contributed by atoms with van der Waals surface area (Å²) < 4.78 is 54.6. The smallest absolute Gasteiger partial charge is 0.177 e. The minimum absolute atomic E-state index is 0.000215. The number of sulfone groups is 2. The van der Waals surface area contributed by atoms with Gasteiger partial charge in [0, 0.05) is 19.1 Å². The Morgan fingerprint density at radius 3 is 1.86 bits per heavy atom. The Labute approximate surface area is 166 Å². The second-order valence-electron chi connectivity index (χ2n) is 8.30. The molecule has 0 unspecified atom stereocenters. The van der Waals surface area contributed by atoms with Gasteiger partial charge in [-0.2, -0.15) is 0 Å². The van der Waals surface area contributed by atoms with Crippen molar-refractivity contribution >= 4 is 32.2 Å². The lowest BCUT2D eigenvalue weighted by atomic mass is 9.82. The van der Waals surface area contributed by atoms with Crippen molar-refractivity contribution in [3.8, 4) is 0 Å². The first-order valence-electron chi connectivity index (χ1n) is 9.59. The maximum atomic E-state index is 12.7. The van der Waals surface area contributed by atoms with Gasteiger partial charge in [0.15, 0.2) is 9.84 Å². The Bertz CT molecular complexity index is 755. The summed E-state index contributed by atoms with van der Waals surface area (Å²) in [4.78, 5) is 21.8. The van der Waals surface area contributed by atoms with Crippen molar-refractivity contribution in [2.75, 3.05) is 12.2 Å². The molecular formula is C18H30O8S2. The van der Waals surface area contributed by atoms with E-state index in [2.05, 4.69) is 0 Å². The summed E-state index contributed by atoms with van der Waals surface area (Å²) in [6, 6.07) is 0. The largest absolute Gasteiger partial charge is 0.389 e. The van der Waals surface area contributed by atoms with E-state index in [-0.39, 0.29) is 38.5 Å². The van der Waals surface area contributed by atoms with Crippen LogP contribution in [0.3, 0.4) is 0 Å². The molecule has 0 aromatic rings. The molecule has 0 aromatic heterocycles. The zero-order valence-electron chi connectivity index (χ0n) is 16.2. The van der Waals surface area contributed by atoms with Gasteiger partial charge < -0.3 is 19.4 Å². The third-order valence-electron chi connectivity index (χ3n) is 6.27. The minimum Gasteiger partial charge on any atom is -0.389 e. The fraction of sp³-hybridized carbons (Fsp3) is 0.889. The normalized spacial score (nSPS) is 34.6. The van der Waals surface area contributed by atoms with Crippen molar-refractivity contribution in [2.24, 2.45) is 0 Å². The molecule has 2 saturated carbocycles. The van der Waals surface area contributed by atoms with Gasteiger partial charge in [-0.3, -0.25) is 0 Å². The lowest BCUT2D eigenvalue weighted by Crippen LogP contribution is -2.44. The van der Waals surface area contributed by atoms with E-state index in [0.717, 1.165) is 0 Å². The molecule has 0 atom stereocenters. The van der Waals surface area contributed by atoms with Crippen LogP contribution in [0.1, 0.15) is 64.2 Å². The maximum absolute atomic E-state index is 12.7. The Kier molecular flexibility index (Phi) is 7.44. The van der Waals surface area contributed by atoms with Gasteiger partial charge >= 0.3 is 0 Å². The molecule has 2 fully saturated rings. The molecule has 0 bridgehead atoms. The summed E-state index contributed by atoms with van der Waals surface area (Å²) >= 11 is 0. The van der Waals surface area contributed by atoms with Gasteiger partial charge in [0.25, 0.3) is 0 Å². The number of hydrogen-bond acceptors (Lipinski definition) is 8. The molecule has 0 heterocycles. The monoisotopic (exact) mass is 438 g/mol. The van der Waals surface area contributed by atoms with Gasteiger partial charge in [-0.05, 0) is 51.4 Å². The molecule has 8 nitrogen and oxygen atoms in total. The second-order valence-corrected chi connectivity index (χ2v) is 12.9. The van der Waals surface area contributed by atoms with Crippen LogP contribution in [0, 0.1) is 0 Å². The van der Waals surface area contributed by atoms with E-state index < -0.39 is 47.3 Å². The Balaban J connectivity index is 1.98. The SMILES string of the molecule is CS(=O)(=O)[C@H]1CC[C@](CC=O)(OCS(=O)(=O)[C@H]2CC[C@](O)(CC=O)CC2)CC1. The van der Waals surface area contributed by atoms with Gasteiger partial charge in [0.1, 0.15) is 28.3 Å². The predicted molar refractivity (Wildman–Crippen MR) is 103 cm³/mol. The van der Waals surface area contributed by atoms with E-state index in [0.29, 0.717) is 38.3 Å². The van der Waals surface area contributed by atoms with Gasteiger partial charge in [0.2, 0.25) is 0 Å². The molecule has 0 saturated heterocycles. The molecule has 10 heteroatoms. The van der Waals surface area contributed by atoms with E-state index in [1.54, 1.807) is 0 Å². The fourth-order valence-corrected chi connectivity index (χ4v) is 6.91. The van der Waals surface area contributed by atoms with E-state index in [1.165, 1.54) is 6.26 Å². The average Bonchev–Trinajstić information content (AvgIpc) is 2.61. The number of rotatable bonds is 9. The number of carbonyl (C=O) groups is 2. The minimum atomic E-state index is -3.60. The Morgan fingerprint density at radius 1 is 0.893 bits per heavy atom. The predicted octanol–water partition coefficient (Wildman–Crippen LogP) is 0.953. The zero-order chi connectivity index (χ0) is 21.1. The standard InChI is InChI=1S/C18H30O8S2/c1-27(22,23)15-4-8-18(9-5-15,11-13-20)26-14-28(24,25)16-2-6-17(21,7-3-16)10-12-19/h12-13,15-16,21H,2-11,14H2,1H3/t15-,16-,17+,18-. The third-order valence-corrected chi connectivity index (χ3v) is 9.88. The summed E-state index contributed by atoms with van der Waals surface area (Å²) in [7, 11) is -6.78. The van der Waals surface area contributed by atoms with Crippen LogP contribution in [0.15, 0.2) is 0 Å². The van der Waals surface area contributed by atoms with Gasteiger partial charge in [-0.25, -0.2) is 16.8 Å². The van der Waals surface area contributed by atoms with Crippen LogP contribution < -0.4 is 0 Å². The molecule has 2 aliphatic carbocycles. The van der Waals surface area contributed by atoms with Crippen molar-refractivity contribution < 1.29 is 36.3 Å². The zero-order valence-corrected chi connectivity index (χ0v) is 17.8. The second kappa shape index (κ2) is 8.89. The summed E-state index contributed by atoms with van der Waals surface area (Å²) in [5, 5.41) is 9.11. The van der Waals surface area contributed by atoms with Crippen molar-refractivity contribution in [3.05, 3.63) is 0 Å². The molecule has 162 valence electrons. The maximum Gasteiger partial charge on any atom is 0.177 e. The van der Waals surface area contributed by atoms with Crippen molar-refractivity contribution in [3.63, 3.8) is 0 Å². The first-order valence-corrected chi connectivity index (χ1v) is 13.3. The van der Waals surface area contributed by atoms with Crippen molar-refractivity contribution in [1.29, 1.82) is 0 Å². The van der Waals surface area contributed by atoms with E-state index in [1.807, 2.05) is 0 Å². The highest BCUT2D eigenvalue weighted by Gasteiger charge is 2.42. The lowest BCUT2D eigenvalue weighted by Gasteiger charge is -2.39. The third kappa shape index (κ3) is 5.84.